The summed E-state index contributed by atoms with van der Waals surface area (Å²) in [6.45, 7) is 86.1. The highest BCUT2D eigenvalue weighted by Gasteiger charge is 2.62. The highest BCUT2D eigenvalue weighted by Crippen LogP contribution is 2.67. The molecule has 133 heavy (non-hydrogen) atoms. The predicted octanol–water partition coefficient (Wildman–Crippen LogP) is 30.4. The lowest BCUT2D eigenvalue weighted by atomic mass is 9.70. The number of hydrogen-bond donors (Lipinski definition) is 12. The minimum atomic E-state index is -0.702. The maximum absolute atomic E-state index is 10.0. The Morgan fingerprint density at radius 2 is 1.01 bits per heavy atom. The zero-order valence-corrected chi connectivity index (χ0v) is 93.8. The van der Waals surface area contributed by atoms with Crippen molar-refractivity contribution < 1.29 is 61.3 Å². The zero-order chi connectivity index (χ0) is 103. The monoisotopic (exact) mass is 1870 g/mol. The number of allylic oxidation sites excluding steroid dienone is 14. The van der Waals surface area contributed by atoms with E-state index in [9.17, 15) is 51.1 Å². The van der Waals surface area contributed by atoms with E-state index in [2.05, 4.69) is 250 Å². The average molecular weight is 1870 g/mol. The van der Waals surface area contributed by atoms with Crippen LogP contribution in [0, 0.1) is 97.6 Å². The molecule has 0 heterocycles. The van der Waals surface area contributed by atoms with Crippen LogP contribution in [0.15, 0.2) is 119 Å². The van der Waals surface area contributed by atoms with Gasteiger partial charge in [-0.15, -0.1) is 13.2 Å². The third kappa shape index (κ3) is 47.6. The second kappa shape index (κ2) is 59.7. The van der Waals surface area contributed by atoms with Gasteiger partial charge in [0.1, 0.15) is 0 Å². The van der Waals surface area contributed by atoms with Crippen molar-refractivity contribution in [2.75, 3.05) is 13.2 Å². The lowest BCUT2D eigenvalue weighted by Gasteiger charge is -2.38. The van der Waals surface area contributed by atoms with E-state index < -0.39 is 28.0 Å². The van der Waals surface area contributed by atoms with Crippen molar-refractivity contribution in [3.63, 3.8) is 0 Å². The van der Waals surface area contributed by atoms with Gasteiger partial charge in [0.2, 0.25) is 0 Å². The molecule has 12 heteroatoms. The topological polar surface area (TPSA) is 243 Å². The van der Waals surface area contributed by atoms with Gasteiger partial charge in [-0.25, -0.2) is 0 Å². The first kappa shape index (κ1) is 130. The Bertz CT molecular complexity index is 3430. The van der Waals surface area contributed by atoms with Gasteiger partial charge in [-0.1, -0.05) is 229 Å². The maximum atomic E-state index is 10.0. The number of rotatable bonds is 23. The summed E-state index contributed by atoms with van der Waals surface area (Å²) < 4.78 is 0. The van der Waals surface area contributed by atoms with Gasteiger partial charge in [-0.05, 0) is 454 Å². The van der Waals surface area contributed by atoms with Crippen molar-refractivity contribution in [1.29, 1.82) is 0 Å². The molecule has 780 valence electrons. The Hall–Kier alpha value is -3.08. The molecular weight excluding hydrogens is 1650 g/mol. The summed E-state index contributed by atoms with van der Waals surface area (Å²) in [5, 5.41) is 114. The van der Waals surface area contributed by atoms with Gasteiger partial charge in [0.25, 0.3) is 0 Å². The number of fused-ring (bicyclic) bond motifs is 6. The van der Waals surface area contributed by atoms with Crippen LogP contribution in [-0.2, 0) is 0 Å². The van der Waals surface area contributed by atoms with Crippen LogP contribution in [0.3, 0.4) is 0 Å². The van der Waals surface area contributed by atoms with Crippen LogP contribution in [0.1, 0.15) is 480 Å². The molecule has 0 amide bonds. The minimum Gasteiger partial charge on any atom is -0.396 e. The Balaban J connectivity index is 0.00000143. The second-order valence-electron chi connectivity index (χ2n) is 50.5. The predicted molar refractivity (Wildman–Crippen MR) is 575 cm³/mol. The Labute approximate surface area is 823 Å². The summed E-state index contributed by atoms with van der Waals surface area (Å²) in [6.07, 6.45) is 56.6. The van der Waals surface area contributed by atoms with Crippen molar-refractivity contribution in [1.82, 2.24) is 0 Å². The van der Waals surface area contributed by atoms with Crippen LogP contribution in [0.5, 0.6) is 0 Å². The normalized spacial score (nSPS) is 31.8. The maximum Gasteiger partial charge on any atom is 0.0800 e. The van der Waals surface area contributed by atoms with Crippen LogP contribution in [0.2, 0.25) is 0 Å². The standard InChI is InChI=1S/C11H20O.7C10H18O.3C10H20O.C10H18O/c1-10(2)6-4-7-11(3)8-5-9-12;1-9(2)7-4-5-10(3,6-7)8(9)11;2*1-9(2)7-4-5-10(9,3)8(11)6-7;1-8-4-6-9(7-5-8)10(2,3)11;2*1-8(2)9-4-6-10(3,11)7-5-9;1-8(2)10(11)6-4-9(3)5-7-10;1-7(2)9-5-4-8(3)6-10(9)11;1-9(2)5-4-6-10(3)7-8-11;1-5-9(2)7-6-8-10(3,4)11;1-5-10(4,11)8-6-7-9(2)3/h6,8,12H,4-5,7,9H2,1-3H3;3*7-8,11H,4-6H2,1-3H3;4,9,11H,5-7H2,1-3H3;11H,4-7H2,1-3H3;9,11H,1,4-7H2,2-3H3;4,8,11H,5-7H2,1-3H3;7-11H,4-6H2,1-3H3;5,10-11H,4,6-8H2,1-3H3;5,9,11H,1,6-8H2,2-4H3;5,7,11H,1,6,8H2,2-4H3/b11-8-;;;;;;;;;;;. The number of hydrogen-bond acceptors (Lipinski definition) is 12. The van der Waals surface area contributed by atoms with Crippen LogP contribution in [0.4, 0.5) is 0 Å². The molecule has 0 aromatic heterocycles. The molecule has 12 nitrogen and oxygen atoms in total. The average Bonchev–Trinajstić information content (AvgIpc) is 1.56. The molecule has 11 aliphatic carbocycles. The van der Waals surface area contributed by atoms with Crippen LogP contribution in [0.25, 0.3) is 0 Å². The van der Waals surface area contributed by atoms with Crippen LogP contribution in [-0.4, -0.2) is 133 Å². The third-order valence-electron chi connectivity index (χ3n) is 34.6. The van der Waals surface area contributed by atoms with Gasteiger partial charge >= 0.3 is 0 Å². The molecule has 0 aliphatic heterocycles. The molecule has 0 radical (unpaired) electrons. The summed E-state index contributed by atoms with van der Waals surface area (Å²) in [4.78, 5) is 0. The van der Waals surface area contributed by atoms with Crippen LogP contribution < -0.4 is 0 Å². The quantitative estimate of drug-likeness (QED) is 0.0428. The molecule has 0 aromatic carbocycles. The molecule has 0 spiro atoms. The highest BCUT2D eigenvalue weighted by atomic mass is 16.3. The molecular formula is C121H224O12. The van der Waals surface area contributed by atoms with Gasteiger partial charge in [0.15, 0.2) is 0 Å². The summed E-state index contributed by atoms with van der Waals surface area (Å²) >= 11 is 0. The first-order chi connectivity index (χ1) is 60.9. The van der Waals surface area contributed by atoms with E-state index in [0.29, 0.717) is 58.9 Å². The summed E-state index contributed by atoms with van der Waals surface area (Å²) in [5.41, 5.74) is 11.4. The van der Waals surface area contributed by atoms with E-state index in [1.807, 2.05) is 47.6 Å². The van der Waals surface area contributed by atoms with Gasteiger partial charge < -0.3 is 61.3 Å². The fourth-order valence-electron chi connectivity index (χ4n) is 21.9. The molecule has 0 aromatic rings. The second-order valence-corrected chi connectivity index (χ2v) is 50.5. The molecule has 11 aliphatic rings. The lowest BCUT2D eigenvalue weighted by Crippen LogP contribution is -2.39. The van der Waals surface area contributed by atoms with Crippen molar-refractivity contribution >= 4 is 0 Å². The van der Waals surface area contributed by atoms with E-state index in [1.165, 1.54) is 109 Å². The van der Waals surface area contributed by atoms with Crippen LogP contribution >= 0.6 is 0 Å². The van der Waals surface area contributed by atoms with E-state index in [-0.39, 0.29) is 58.3 Å². The number of aliphatic hydroxyl groups excluding tert-OH is 6. The Morgan fingerprint density at radius 3 is 1.35 bits per heavy atom. The molecule has 9 fully saturated rings. The minimum absolute atomic E-state index is 0.0289. The Kier molecular flexibility index (Phi) is 58.4. The SMILES string of the molecule is C=C(C)C1CCC(C)(O)CC1.C=CC(C)(O)CCC=C(C)C.C=CC(C)CCCC(C)(C)O.CC(C)=C1CCC(C)(O)CC1.CC(C)=CCC/C(C)=C\CCO.CC(C)=CCCC(C)CCO.CC1(C)C2CCC1(C)C(O)C2.CC1(C)C2CCC1(C)C(O)C2.CC12CCC(C1)C(C)(C)C2O.CC1=CCC(C(C)(C)O)CC1.CC1=CCC(O)(C(C)C)CC1.CC1CCC(C(C)C)C(O)C1. The number of aliphatic hydroxyl groups is 12. The zero-order valence-electron chi connectivity index (χ0n) is 93.8. The van der Waals surface area contributed by atoms with E-state index in [0.717, 1.165) is 197 Å². The fourth-order valence-corrected chi connectivity index (χ4v) is 21.9. The summed E-state index contributed by atoms with van der Waals surface area (Å²) in [6, 6.07) is 0. The van der Waals surface area contributed by atoms with Gasteiger partial charge in [-0.2, -0.15) is 0 Å². The molecule has 6 bridgehead atoms. The highest BCUT2D eigenvalue weighted by molar-refractivity contribution is 5.16. The largest absolute Gasteiger partial charge is 0.396 e. The third-order valence-corrected chi connectivity index (χ3v) is 34.6. The molecule has 11 rings (SSSR count). The molecule has 12 N–H and O–H groups in total. The van der Waals surface area contributed by atoms with Crippen molar-refractivity contribution in [2.45, 2.75) is 538 Å². The molecule has 0 saturated heterocycles. The van der Waals surface area contributed by atoms with Gasteiger partial charge in [0, 0.05) is 13.2 Å². The Morgan fingerprint density at radius 1 is 0.519 bits per heavy atom. The van der Waals surface area contributed by atoms with E-state index >= 15 is 0 Å². The smallest absolute Gasteiger partial charge is 0.0800 e. The fraction of sp³-hybridized carbons (Fsp3) is 0.835. The molecule has 17 unspecified atom stereocenters. The summed E-state index contributed by atoms with van der Waals surface area (Å²) in [7, 11) is 0. The van der Waals surface area contributed by atoms with Gasteiger partial charge in [0.05, 0.1) is 58.0 Å². The first-order valence-corrected chi connectivity index (χ1v) is 53.6. The lowest BCUT2D eigenvalue weighted by molar-refractivity contribution is -0.0340. The molecule has 17 atom stereocenters. The molecule has 9 saturated carbocycles. The van der Waals surface area contributed by atoms with Crippen molar-refractivity contribution in [3.8, 4) is 0 Å². The first-order valence-electron chi connectivity index (χ1n) is 53.6. The van der Waals surface area contributed by atoms with E-state index in [1.54, 1.807) is 18.6 Å². The summed E-state index contributed by atoms with van der Waals surface area (Å²) in [5.74, 6) is 7.04. The van der Waals surface area contributed by atoms with Crippen molar-refractivity contribution in [2.24, 2.45) is 97.6 Å². The van der Waals surface area contributed by atoms with Gasteiger partial charge in [-0.3, -0.25) is 0 Å². The van der Waals surface area contributed by atoms with Crippen molar-refractivity contribution in [3.05, 3.63) is 119 Å². The van der Waals surface area contributed by atoms with E-state index in [4.69, 9.17) is 10.2 Å².